The van der Waals surface area contributed by atoms with E-state index >= 15 is 0 Å². The van der Waals surface area contributed by atoms with E-state index in [2.05, 4.69) is 15.9 Å². The molecule has 0 fully saturated rings. The van der Waals surface area contributed by atoms with Gasteiger partial charge < -0.3 is 10.8 Å². The lowest BCUT2D eigenvalue weighted by Crippen LogP contribution is -2.24. The molecule has 78 valence electrons. The fourth-order valence-corrected chi connectivity index (χ4v) is 2.13. The third-order valence-corrected chi connectivity index (χ3v) is 3.33. The molecule has 0 aliphatic carbocycles. The second-order valence-electron chi connectivity index (χ2n) is 3.09. The van der Waals surface area contributed by atoms with Gasteiger partial charge >= 0.3 is 0 Å². The van der Waals surface area contributed by atoms with E-state index in [-0.39, 0.29) is 0 Å². The first-order valence-electron chi connectivity index (χ1n) is 4.01. The van der Waals surface area contributed by atoms with Crippen LogP contribution >= 0.6 is 39.1 Å². The highest BCUT2D eigenvalue weighted by atomic mass is 79.9. The zero-order valence-electron chi connectivity index (χ0n) is 7.47. The van der Waals surface area contributed by atoms with E-state index in [1.54, 1.807) is 19.1 Å². The normalized spacial score (nSPS) is 15.3. The van der Waals surface area contributed by atoms with Crippen LogP contribution in [0.4, 0.5) is 0 Å². The first-order chi connectivity index (χ1) is 6.43. The molecule has 1 aromatic rings. The molecule has 0 saturated heterocycles. The maximum atomic E-state index is 9.74. The van der Waals surface area contributed by atoms with Gasteiger partial charge in [-0.1, -0.05) is 23.2 Å². The van der Waals surface area contributed by atoms with E-state index in [4.69, 9.17) is 28.9 Å². The van der Waals surface area contributed by atoms with Gasteiger partial charge in [0.2, 0.25) is 0 Å². The molecule has 0 saturated carbocycles. The molecule has 3 N–H and O–H groups in total. The molecule has 14 heavy (non-hydrogen) atoms. The number of rotatable bonds is 2. The predicted octanol–water partition coefficient (Wildman–Crippen LogP) is 3.14. The lowest BCUT2D eigenvalue weighted by Gasteiger charge is -2.17. The molecule has 0 radical (unpaired) electrons. The average Bonchev–Trinajstić information content (AvgIpc) is 2.09. The highest BCUT2D eigenvalue weighted by Crippen LogP contribution is 2.34. The third-order valence-electron chi connectivity index (χ3n) is 1.84. The molecular weight excluding hydrogens is 289 g/mol. The van der Waals surface area contributed by atoms with Gasteiger partial charge in [-0.3, -0.25) is 0 Å². The molecule has 0 aliphatic heterocycles. The van der Waals surface area contributed by atoms with Gasteiger partial charge in [-0.2, -0.15) is 0 Å². The molecule has 0 aliphatic rings. The van der Waals surface area contributed by atoms with Gasteiger partial charge in [0.15, 0.2) is 0 Å². The first kappa shape index (κ1) is 12.3. The zero-order valence-corrected chi connectivity index (χ0v) is 10.6. The summed E-state index contributed by atoms with van der Waals surface area (Å²) in [4.78, 5) is 0. The van der Waals surface area contributed by atoms with Gasteiger partial charge in [-0.25, -0.2) is 0 Å². The number of aliphatic hydroxyl groups excluding tert-OH is 1. The Kier molecular flexibility index (Phi) is 4.22. The number of halogens is 3. The summed E-state index contributed by atoms with van der Waals surface area (Å²) in [6.45, 7) is 1.70. The van der Waals surface area contributed by atoms with Crippen LogP contribution in [0.2, 0.25) is 10.0 Å². The highest BCUT2D eigenvalue weighted by Gasteiger charge is 2.18. The van der Waals surface area contributed by atoms with Crippen LogP contribution in [0.5, 0.6) is 0 Å². The maximum Gasteiger partial charge on any atom is 0.0953 e. The van der Waals surface area contributed by atoms with E-state index < -0.39 is 12.1 Å². The maximum absolute atomic E-state index is 9.74. The van der Waals surface area contributed by atoms with Crippen molar-refractivity contribution >= 4 is 39.1 Å². The van der Waals surface area contributed by atoms with Crippen molar-refractivity contribution in [2.45, 2.75) is 19.1 Å². The summed E-state index contributed by atoms with van der Waals surface area (Å²) in [5.74, 6) is 0. The number of hydrogen-bond acceptors (Lipinski definition) is 2. The quantitative estimate of drug-likeness (QED) is 0.824. The monoisotopic (exact) mass is 297 g/mol. The number of aliphatic hydroxyl groups is 1. The van der Waals surface area contributed by atoms with Gasteiger partial charge in [0.25, 0.3) is 0 Å². The van der Waals surface area contributed by atoms with Gasteiger partial charge in [-0.15, -0.1) is 0 Å². The van der Waals surface area contributed by atoms with E-state index in [1.807, 2.05) is 0 Å². The van der Waals surface area contributed by atoms with Crippen molar-refractivity contribution in [1.82, 2.24) is 0 Å². The van der Waals surface area contributed by atoms with E-state index in [9.17, 15) is 5.11 Å². The SMILES string of the molecule is C[C@@H](N)[C@@H](O)c1cc(Cl)cc(Br)c1Cl. The second-order valence-corrected chi connectivity index (χ2v) is 4.76. The molecule has 2 nitrogen and oxygen atoms in total. The molecular formula is C9H10BrCl2NO. The smallest absolute Gasteiger partial charge is 0.0953 e. The summed E-state index contributed by atoms with van der Waals surface area (Å²) in [6, 6.07) is 2.89. The van der Waals surface area contributed by atoms with Crippen LogP contribution in [0.15, 0.2) is 16.6 Å². The largest absolute Gasteiger partial charge is 0.387 e. The van der Waals surface area contributed by atoms with Crippen molar-refractivity contribution in [3.63, 3.8) is 0 Å². The Morgan fingerprint density at radius 1 is 1.43 bits per heavy atom. The Hall–Kier alpha value is 0.200. The van der Waals surface area contributed by atoms with Crippen LogP contribution in [0, 0.1) is 0 Å². The van der Waals surface area contributed by atoms with Crippen LogP contribution in [0.3, 0.4) is 0 Å². The summed E-state index contributed by atoms with van der Waals surface area (Å²) in [7, 11) is 0. The Morgan fingerprint density at radius 2 is 2.00 bits per heavy atom. The third kappa shape index (κ3) is 2.61. The van der Waals surface area contributed by atoms with Crippen molar-refractivity contribution in [1.29, 1.82) is 0 Å². The Morgan fingerprint density at radius 3 is 2.50 bits per heavy atom. The molecule has 0 heterocycles. The molecule has 1 aromatic carbocycles. The van der Waals surface area contributed by atoms with Crippen LogP contribution in [-0.4, -0.2) is 11.1 Å². The van der Waals surface area contributed by atoms with E-state index in [1.165, 1.54) is 0 Å². The van der Waals surface area contributed by atoms with Crippen molar-refractivity contribution in [2.24, 2.45) is 5.73 Å². The molecule has 0 spiro atoms. The van der Waals surface area contributed by atoms with Crippen molar-refractivity contribution < 1.29 is 5.11 Å². The Labute approximate surface area is 101 Å². The summed E-state index contributed by atoms with van der Waals surface area (Å²) < 4.78 is 0.654. The first-order valence-corrected chi connectivity index (χ1v) is 5.56. The van der Waals surface area contributed by atoms with Gasteiger partial charge in [0, 0.05) is 21.1 Å². The lowest BCUT2D eigenvalue weighted by atomic mass is 10.0. The molecule has 0 unspecified atom stereocenters. The minimum absolute atomic E-state index is 0.391. The fraction of sp³-hybridized carbons (Fsp3) is 0.333. The van der Waals surface area contributed by atoms with Gasteiger partial charge in [-0.05, 0) is 35.0 Å². The molecule has 0 bridgehead atoms. The van der Waals surface area contributed by atoms with E-state index in [0.29, 0.717) is 20.1 Å². The Balaban J connectivity index is 3.20. The molecule has 5 heteroatoms. The summed E-state index contributed by atoms with van der Waals surface area (Å²) in [5, 5.41) is 10.7. The van der Waals surface area contributed by atoms with Crippen LogP contribution in [0.25, 0.3) is 0 Å². The molecule has 0 aromatic heterocycles. The molecule has 1 rings (SSSR count). The summed E-state index contributed by atoms with van der Waals surface area (Å²) >= 11 is 15.1. The van der Waals surface area contributed by atoms with Gasteiger partial charge in [0.1, 0.15) is 0 Å². The molecule has 2 atom stereocenters. The van der Waals surface area contributed by atoms with Crippen LogP contribution < -0.4 is 5.73 Å². The number of nitrogens with two attached hydrogens (primary N) is 1. The lowest BCUT2D eigenvalue weighted by molar-refractivity contribution is 0.153. The van der Waals surface area contributed by atoms with E-state index in [0.717, 1.165) is 0 Å². The minimum Gasteiger partial charge on any atom is -0.387 e. The van der Waals surface area contributed by atoms with Crippen LogP contribution in [-0.2, 0) is 0 Å². The standard InChI is InChI=1S/C9H10BrCl2NO/c1-4(13)9(14)6-2-5(11)3-7(10)8(6)12/h2-4,9,14H,13H2,1H3/t4-,9-/m1/s1. The summed E-state index contributed by atoms with van der Waals surface area (Å²) in [6.07, 6.45) is -0.808. The van der Waals surface area contributed by atoms with Crippen molar-refractivity contribution in [2.75, 3.05) is 0 Å². The average molecular weight is 299 g/mol. The molecule has 0 amide bonds. The topological polar surface area (TPSA) is 46.2 Å². The predicted molar refractivity (Wildman–Crippen MR) is 62.8 cm³/mol. The number of hydrogen-bond donors (Lipinski definition) is 2. The number of benzene rings is 1. The second kappa shape index (κ2) is 4.81. The van der Waals surface area contributed by atoms with Crippen LogP contribution in [0.1, 0.15) is 18.6 Å². The Bertz CT molecular complexity index is 344. The van der Waals surface area contributed by atoms with Crippen molar-refractivity contribution in [3.8, 4) is 0 Å². The zero-order chi connectivity index (χ0) is 10.9. The fourth-order valence-electron chi connectivity index (χ4n) is 1.07. The summed E-state index contributed by atoms with van der Waals surface area (Å²) in [5.41, 5.74) is 6.11. The minimum atomic E-state index is -0.808. The highest BCUT2D eigenvalue weighted by molar-refractivity contribution is 9.10. The van der Waals surface area contributed by atoms with Gasteiger partial charge in [0.05, 0.1) is 11.1 Å². The van der Waals surface area contributed by atoms with Crippen molar-refractivity contribution in [3.05, 3.63) is 32.2 Å².